The van der Waals surface area contributed by atoms with Crippen LogP contribution in [0.3, 0.4) is 0 Å². The van der Waals surface area contributed by atoms with Crippen molar-refractivity contribution in [1.29, 1.82) is 0 Å². The first-order chi connectivity index (χ1) is 7.77. The van der Waals surface area contributed by atoms with Crippen molar-refractivity contribution in [2.24, 2.45) is 10.7 Å². The van der Waals surface area contributed by atoms with Crippen molar-refractivity contribution in [3.8, 4) is 0 Å². The van der Waals surface area contributed by atoms with Crippen LogP contribution in [0.1, 0.15) is 32.6 Å². The summed E-state index contributed by atoms with van der Waals surface area (Å²) < 4.78 is 0. The number of nitrogens with two attached hydrogens (primary N) is 1. The molecule has 0 heterocycles. The zero-order valence-corrected chi connectivity index (χ0v) is 9.74. The molecule has 2 rings (SSSR count). The van der Waals surface area contributed by atoms with E-state index >= 15 is 0 Å². The van der Waals surface area contributed by atoms with Gasteiger partial charge in [-0.25, -0.2) is 0 Å². The van der Waals surface area contributed by atoms with Crippen LogP contribution in [0.2, 0.25) is 0 Å². The summed E-state index contributed by atoms with van der Waals surface area (Å²) in [5.74, 6) is 0. The van der Waals surface area contributed by atoms with Gasteiger partial charge in [0, 0.05) is 11.4 Å². The zero-order valence-electron chi connectivity index (χ0n) is 9.74. The second-order valence-electron chi connectivity index (χ2n) is 4.24. The molecular formula is C14H18N2. The standard InChI is InChI=1S/C14H18N2/c1-11(13-9-5-6-10-14(13)15)16-12-7-3-2-4-8-12/h2-4,7-8H,5-6,9-10,15H2,1H3/b16-11+. The Morgan fingerprint density at radius 2 is 1.81 bits per heavy atom. The molecule has 2 N–H and O–H groups in total. The molecule has 2 nitrogen and oxygen atoms in total. The molecule has 0 saturated heterocycles. The summed E-state index contributed by atoms with van der Waals surface area (Å²) in [5, 5.41) is 0. The van der Waals surface area contributed by atoms with Crippen LogP contribution in [0, 0.1) is 0 Å². The lowest BCUT2D eigenvalue weighted by Gasteiger charge is -2.17. The van der Waals surface area contributed by atoms with Crippen LogP contribution in [0.4, 0.5) is 5.69 Å². The fraction of sp³-hybridized carbons (Fsp3) is 0.357. The molecule has 1 aromatic rings. The van der Waals surface area contributed by atoms with Crippen molar-refractivity contribution in [1.82, 2.24) is 0 Å². The van der Waals surface area contributed by atoms with Crippen molar-refractivity contribution in [2.45, 2.75) is 32.6 Å². The Balaban J connectivity index is 2.25. The van der Waals surface area contributed by atoms with Gasteiger partial charge in [0.2, 0.25) is 0 Å². The van der Waals surface area contributed by atoms with Gasteiger partial charge in [-0.1, -0.05) is 18.2 Å². The van der Waals surface area contributed by atoms with Gasteiger partial charge in [-0.15, -0.1) is 0 Å². The van der Waals surface area contributed by atoms with Gasteiger partial charge in [0.15, 0.2) is 0 Å². The van der Waals surface area contributed by atoms with Gasteiger partial charge in [0.05, 0.1) is 5.69 Å². The summed E-state index contributed by atoms with van der Waals surface area (Å²) in [4.78, 5) is 4.61. The van der Waals surface area contributed by atoms with Crippen molar-refractivity contribution < 1.29 is 0 Å². The van der Waals surface area contributed by atoms with Crippen molar-refractivity contribution in [2.75, 3.05) is 0 Å². The lowest BCUT2D eigenvalue weighted by Crippen LogP contribution is -2.12. The first kappa shape index (κ1) is 10.9. The van der Waals surface area contributed by atoms with E-state index in [1.807, 2.05) is 30.3 Å². The maximum Gasteiger partial charge on any atom is 0.0632 e. The van der Waals surface area contributed by atoms with E-state index in [2.05, 4.69) is 11.9 Å². The highest BCUT2D eigenvalue weighted by atomic mass is 14.7. The Hall–Kier alpha value is -1.57. The second-order valence-corrected chi connectivity index (χ2v) is 4.24. The summed E-state index contributed by atoms with van der Waals surface area (Å²) >= 11 is 0. The van der Waals surface area contributed by atoms with E-state index in [1.54, 1.807) is 0 Å². The number of allylic oxidation sites excluding steroid dienone is 2. The predicted molar refractivity (Wildman–Crippen MR) is 68.9 cm³/mol. The summed E-state index contributed by atoms with van der Waals surface area (Å²) in [7, 11) is 0. The van der Waals surface area contributed by atoms with Crippen molar-refractivity contribution in [3.63, 3.8) is 0 Å². The van der Waals surface area contributed by atoms with Gasteiger partial charge < -0.3 is 5.73 Å². The van der Waals surface area contributed by atoms with Crippen molar-refractivity contribution >= 4 is 11.4 Å². The van der Waals surface area contributed by atoms with Crippen LogP contribution in [0.5, 0.6) is 0 Å². The molecule has 0 amide bonds. The molecule has 84 valence electrons. The fourth-order valence-corrected chi connectivity index (χ4v) is 2.11. The van der Waals surface area contributed by atoms with Crippen LogP contribution in [0.15, 0.2) is 46.6 Å². The summed E-state index contributed by atoms with van der Waals surface area (Å²) in [5.41, 5.74) is 10.4. The quantitative estimate of drug-likeness (QED) is 0.751. The molecule has 0 aliphatic heterocycles. The Kier molecular flexibility index (Phi) is 3.40. The average Bonchev–Trinajstić information content (AvgIpc) is 2.31. The topological polar surface area (TPSA) is 38.4 Å². The third-order valence-corrected chi connectivity index (χ3v) is 3.00. The van der Waals surface area contributed by atoms with Crippen LogP contribution in [-0.2, 0) is 0 Å². The van der Waals surface area contributed by atoms with E-state index in [9.17, 15) is 0 Å². The highest BCUT2D eigenvalue weighted by Crippen LogP contribution is 2.24. The molecular weight excluding hydrogens is 196 g/mol. The van der Waals surface area contributed by atoms with Crippen LogP contribution in [-0.4, -0.2) is 5.71 Å². The number of hydrogen-bond acceptors (Lipinski definition) is 2. The Morgan fingerprint density at radius 3 is 2.50 bits per heavy atom. The molecule has 1 aliphatic rings. The highest BCUT2D eigenvalue weighted by molar-refractivity contribution is 6.00. The minimum atomic E-state index is 1.01. The van der Waals surface area contributed by atoms with Gasteiger partial charge in [-0.3, -0.25) is 4.99 Å². The maximum atomic E-state index is 6.03. The average molecular weight is 214 g/mol. The van der Waals surface area contributed by atoms with Crippen molar-refractivity contribution in [3.05, 3.63) is 41.6 Å². The lowest BCUT2D eigenvalue weighted by molar-refractivity contribution is 0.682. The van der Waals surface area contributed by atoms with Crippen LogP contribution < -0.4 is 5.73 Å². The van der Waals surface area contributed by atoms with E-state index in [4.69, 9.17) is 5.73 Å². The van der Waals surface area contributed by atoms with Gasteiger partial charge in [0.25, 0.3) is 0 Å². The molecule has 0 bridgehead atoms. The molecule has 1 aliphatic carbocycles. The molecule has 2 heteroatoms. The summed E-state index contributed by atoms with van der Waals surface area (Å²) in [6.07, 6.45) is 4.55. The highest BCUT2D eigenvalue weighted by Gasteiger charge is 2.12. The molecule has 0 fully saturated rings. The number of para-hydroxylation sites is 1. The fourth-order valence-electron chi connectivity index (χ4n) is 2.11. The molecule has 0 radical (unpaired) electrons. The molecule has 0 spiro atoms. The SMILES string of the molecule is C/C(=N\c1ccccc1)C1=C(N)CCCC1. The third kappa shape index (κ3) is 2.51. The number of rotatable bonds is 2. The molecule has 0 saturated carbocycles. The molecule has 1 aromatic carbocycles. The van der Waals surface area contributed by atoms with Crippen LogP contribution >= 0.6 is 0 Å². The monoisotopic (exact) mass is 214 g/mol. The van der Waals surface area contributed by atoms with E-state index in [1.165, 1.54) is 18.4 Å². The molecule has 0 aromatic heterocycles. The third-order valence-electron chi connectivity index (χ3n) is 3.00. The summed E-state index contributed by atoms with van der Waals surface area (Å²) in [6.45, 7) is 2.06. The van der Waals surface area contributed by atoms with E-state index in [0.29, 0.717) is 0 Å². The summed E-state index contributed by atoms with van der Waals surface area (Å²) in [6, 6.07) is 10.0. The largest absolute Gasteiger partial charge is 0.402 e. The van der Waals surface area contributed by atoms with Gasteiger partial charge in [0.1, 0.15) is 0 Å². The van der Waals surface area contributed by atoms with E-state index < -0.39 is 0 Å². The van der Waals surface area contributed by atoms with E-state index in [0.717, 1.165) is 29.9 Å². The van der Waals surface area contributed by atoms with Gasteiger partial charge in [-0.05, 0) is 50.3 Å². The zero-order chi connectivity index (χ0) is 11.4. The maximum absolute atomic E-state index is 6.03. The smallest absolute Gasteiger partial charge is 0.0632 e. The van der Waals surface area contributed by atoms with Gasteiger partial charge in [-0.2, -0.15) is 0 Å². The number of hydrogen-bond donors (Lipinski definition) is 1. The Morgan fingerprint density at radius 1 is 1.12 bits per heavy atom. The molecule has 0 unspecified atom stereocenters. The number of benzene rings is 1. The normalized spacial score (nSPS) is 17.7. The first-order valence-electron chi connectivity index (χ1n) is 5.85. The molecule has 16 heavy (non-hydrogen) atoms. The first-order valence-corrected chi connectivity index (χ1v) is 5.85. The number of aliphatic imine (C=N–C) groups is 1. The predicted octanol–water partition coefficient (Wildman–Crippen LogP) is 3.57. The Bertz CT molecular complexity index is 416. The van der Waals surface area contributed by atoms with Gasteiger partial charge >= 0.3 is 0 Å². The molecule has 0 atom stereocenters. The second kappa shape index (κ2) is 4.97. The van der Waals surface area contributed by atoms with E-state index in [-0.39, 0.29) is 0 Å². The lowest BCUT2D eigenvalue weighted by atomic mass is 9.94. The minimum absolute atomic E-state index is 1.01. The van der Waals surface area contributed by atoms with Crippen LogP contribution in [0.25, 0.3) is 0 Å². The number of nitrogens with zero attached hydrogens (tertiary/aromatic N) is 1. The Labute approximate surface area is 96.9 Å². The minimum Gasteiger partial charge on any atom is -0.402 e.